The lowest BCUT2D eigenvalue weighted by Crippen LogP contribution is -2.45. The summed E-state index contributed by atoms with van der Waals surface area (Å²) in [7, 11) is 0. The molecule has 1 N–H and O–H groups in total. The molecular formula is C22H25F3N6O2S. The summed E-state index contributed by atoms with van der Waals surface area (Å²) in [6.07, 6.45) is 0.958. The second-order valence-electron chi connectivity index (χ2n) is 8.89. The number of benzene rings is 1. The van der Waals surface area contributed by atoms with Gasteiger partial charge in [0.2, 0.25) is 17.8 Å². The van der Waals surface area contributed by atoms with Crippen molar-refractivity contribution in [3.8, 4) is 0 Å². The van der Waals surface area contributed by atoms with Crippen LogP contribution in [0.1, 0.15) is 50.6 Å². The molecule has 0 spiro atoms. The molecule has 0 unspecified atom stereocenters. The third kappa shape index (κ3) is 4.47. The fraction of sp³-hybridized carbons (Fsp3) is 0.545. The van der Waals surface area contributed by atoms with Crippen LogP contribution < -0.4 is 15.1 Å². The van der Waals surface area contributed by atoms with E-state index in [0.29, 0.717) is 11.2 Å². The molecular weight excluding hydrogens is 469 g/mol. The van der Waals surface area contributed by atoms with Crippen molar-refractivity contribution >= 4 is 40.9 Å². The molecule has 2 aliphatic heterocycles. The topological polar surface area (TPSA) is 83.4 Å². The molecule has 1 saturated heterocycles. The predicted octanol–water partition coefficient (Wildman–Crippen LogP) is 4.09. The number of alkyl halides is 3. The van der Waals surface area contributed by atoms with Gasteiger partial charge in [-0.15, -0.1) is 10.2 Å². The Balaban J connectivity index is 1.37. The van der Waals surface area contributed by atoms with Crippen molar-refractivity contribution in [3.63, 3.8) is 0 Å². The van der Waals surface area contributed by atoms with Crippen molar-refractivity contribution < 1.29 is 22.8 Å². The molecule has 182 valence electrons. The van der Waals surface area contributed by atoms with E-state index in [1.807, 2.05) is 0 Å². The smallest absolute Gasteiger partial charge is 0.341 e. The van der Waals surface area contributed by atoms with Gasteiger partial charge in [0.1, 0.15) is 6.54 Å². The second kappa shape index (κ2) is 8.79. The maximum absolute atomic E-state index is 13.3. The average Bonchev–Trinajstić information content (AvgIpc) is 3.57. The molecule has 2 fully saturated rings. The Hall–Kier alpha value is -2.76. The number of nitrogens with one attached hydrogen (secondary N) is 1. The maximum Gasteiger partial charge on any atom is 0.416 e. The number of rotatable bonds is 5. The molecule has 1 aromatic heterocycles. The summed E-state index contributed by atoms with van der Waals surface area (Å²) in [6, 6.07) is 3.33. The SMILES string of the molecule is C[C@@H](Sc1nnc(N2CCCCC2)n1C1CC1)C(=O)N1CC(=O)Nc2cc(C(F)(F)F)ccc21. The van der Waals surface area contributed by atoms with E-state index in [1.54, 1.807) is 6.92 Å². The zero-order valence-corrected chi connectivity index (χ0v) is 19.5. The number of thioether (sulfide) groups is 1. The molecule has 34 heavy (non-hydrogen) atoms. The van der Waals surface area contributed by atoms with Crippen LogP contribution in [0.2, 0.25) is 0 Å². The normalized spacial score (nSPS) is 19.6. The number of piperidine rings is 1. The number of fused-ring (bicyclic) bond motifs is 1. The van der Waals surface area contributed by atoms with Gasteiger partial charge in [0.15, 0.2) is 5.16 Å². The Morgan fingerprint density at radius 2 is 1.91 bits per heavy atom. The molecule has 2 aromatic rings. The number of halogens is 3. The van der Waals surface area contributed by atoms with E-state index in [0.717, 1.165) is 56.9 Å². The highest BCUT2D eigenvalue weighted by atomic mass is 32.2. The van der Waals surface area contributed by atoms with Crippen molar-refractivity contribution in [1.82, 2.24) is 14.8 Å². The first kappa shape index (κ1) is 23.0. The number of carbonyl (C=O) groups is 2. The molecule has 1 atom stereocenters. The molecule has 8 nitrogen and oxygen atoms in total. The summed E-state index contributed by atoms with van der Waals surface area (Å²) in [5.74, 6) is -0.0663. The van der Waals surface area contributed by atoms with Crippen LogP contribution in [-0.2, 0) is 15.8 Å². The molecule has 3 heterocycles. The van der Waals surface area contributed by atoms with Gasteiger partial charge in [-0.2, -0.15) is 13.2 Å². The van der Waals surface area contributed by atoms with Gasteiger partial charge in [-0.25, -0.2) is 0 Å². The third-order valence-electron chi connectivity index (χ3n) is 6.28. The first-order valence-electron chi connectivity index (χ1n) is 11.4. The van der Waals surface area contributed by atoms with Crippen molar-refractivity contribution in [1.29, 1.82) is 0 Å². The monoisotopic (exact) mass is 494 g/mol. The Morgan fingerprint density at radius 1 is 1.18 bits per heavy atom. The standard InChI is InChI=1S/C22H25F3N6O2S/c1-13(34-21-28-27-20(31(21)15-6-7-15)29-9-3-2-4-10-29)19(33)30-12-18(32)26-16-11-14(22(23,24)25)5-8-17(16)30/h5,8,11,13,15H,2-4,6-7,9-10,12H2,1H3,(H,26,32)/t13-/m1/s1. The number of anilines is 3. The zero-order chi connectivity index (χ0) is 24.0. The third-order valence-corrected chi connectivity index (χ3v) is 7.33. The zero-order valence-electron chi connectivity index (χ0n) is 18.6. The van der Waals surface area contributed by atoms with Crippen LogP contribution in [0.3, 0.4) is 0 Å². The van der Waals surface area contributed by atoms with E-state index in [2.05, 4.69) is 25.0 Å². The number of hydrogen-bond acceptors (Lipinski definition) is 6. The lowest BCUT2D eigenvalue weighted by Gasteiger charge is -2.31. The number of hydrogen-bond donors (Lipinski definition) is 1. The van der Waals surface area contributed by atoms with E-state index < -0.39 is 22.9 Å². The van der Waals surface area contributed by atoms with Gasteiger partial charge in [-0.1, -0.05) is 11.8 Å². The van der Waals surface area contributed by atoms with E-state index in [1.165, 1.54) is 29.1 Å². The van der Waals surface area contributed by atoms with Gasteiger partial charge in [0.25, 0.3) is 0 Å². The molecule has 2 amide bonds. The number of aromatic nitrogens is 3. The summed E-state index contributed by atoms with van der Waals surface area (Å²) >= 11 is 1.27. The van der Waals surface area contributed by atoms with Gasteiger partial charge in [0, 0.05) is 19.1 Å². The van der Waals surface area contributed by atoms with E-state index in [-0.39, 0.29) is 23.8 Å². The average molecular weight is 495 g/mol. The van der Waals surface area contributed by atoms with Crippen LogP contribution in [0.4, 0.5) is 30.5 Å². The minimum Gasteiger partial charge on any atom is -0.341 e. The Morgan fingerprint density at radius 3 is 2.59 bits per heavy atom. The first-order valence-corrected chi connectivity index (χ1v) is 12.3. The summed E-state index contributed by atoms with van der Waals surface area (Å²) in [5.41, 5.74) is -0.654. The van der Waals surface area contributed by atoms with Gasteiger partial charge in [-0.05, 0) is 57.2 Å². The fourth-order valence-electron chi connectivity index (χ4n) is 4.40. The van der Waals surface area contributed by atoms with Crippen molar-refractivity contribution in [3.05, 3.63) is 23.8 Å². The summed E-state index contributed by atoms with van der Waals surface area (Å²) in [5, 5.41) is 11.3. The number of nitrogens with zero attached hydrogens (tertiary/aromatic N) is 5. The van der Waals surface area contributed by atoms with Crippen molar-refractivity contribution in [2.75, 3.05) is 34.8 Å². The number of amides is 2. The molecule has 3 aliphatic rings. The summed E-state index contributed by atoms with van der Waals surface area (Å²) in [4.78, 5) is 29.0. The summed E-state index contributed by atoms with van der Waals surface area (Å²) in [6.45, 7) is 3.33. The quantitative estimate of drug-likeness (QED) is 0.631. The molecule has 1 saturated carbocycles. The second-order valence-corrected chi connectivity index (χ2v) is 10.2. The van der Waals surface area contributed by atoms with Gasteiger partial charge in [0.05, 0.1) is 22.2 Å². The van der Waals surface area contributed by atoms with Crippen LogP contribution in [0, 0.1) is 0 Å². The largest absolute Gasteiger partial charge is 0.416 e. The summed E-state index contributed by atoms with van der Waals surface area (Å²) < 4.78 is 41.4. The van der Waals surface area contributed by atoms with Gasteiger partial charge < -0.3 is 10.2 Å². The maximum atomic E-state index is 13.3. The highest BCUT2D eigenvalue weighted by Gasteiger charge is 2.37. The van der Waals surface area contributed by atoms with Crippen LogP contribution in [0.5, 0.6) is 0 Å². The highest BCUT2D eigenvalue weighted by molar-refractivity contribution is 8.00. The Labute approximate surface area is 198 Å². The van der Waals surface area contributed by atoms with E-state index in [9.17, 15) is 22.8 Å². The molecule has 0 bridgehead atoms. The minimum atomic E-state index is -4.55. The van der Waals surface area contributed by atoms with Crippen LogP contribution >= 0.6 is 11.8 Å². The Bertz CT molecular complexity index is 1110. The molecule has 5 rings (SSSR count). The Kier molecular flexibility index (Phi) is 5.95. The van der Waals surface area contributed by atoms with Crippen LogP contribution in [0.15, 0.2) is 23.4 Å². The minimum absolute atomic E-state index is 0.0230. The van der Waals surface area contributed by atoms with Crippen molar-refractivity contribution in [2.45, 2.75) is 61.7 Å². The number of carbonyl (C=O) groups excluding carboxylic acids is 2. The van der Waals surface area contributed by atoms with Gasteiger partial charge in [-0.3, -0.25) is 19.1 Å². The lowest BCUT2D eigenvalue weighted by atomic mass is 10.1. The predicted molar refractivity (Wildman–Crippen MR) is 122 cm³/mol. The molecule has 1 aromatic carbocycles. The van der Waals surface area contributed by atoms with Crippen LogP contribution in [0.25, 0.3) is 0 Å². The van der Waals surface area contributed by atoms with Crippen LogP contribution in [-0.4, -0.2) is 51.5 Å². The fourth-order valence-corrected chi connectivity index (χ4v) is 5.38. The highest BCUT2D eigenvalue weighted by Crippen LogP contribution is 2.43. The van der Waals surface area contributed by atoms with E-state index >= 15 is 0 Å². The lowest BCUT2D eigenvalue weighted by molar-refractivity contribution is -0.137. The van der Waals surface area contributed by atoms with E-state index in [4.69, 9.17) is 0 Å². The molecule has 1 aliphatic carbocycles. The van der Waals surface area contributed by atoms with Gasteiger partial charge >= 0.3 is 6.18 Å². The first-order chi connectivity index (χ1) is 16.2. The molecule has 0 radical (unpaired) electrons. The van der Waals surface area contributed by atoms with Crippen molar-refractivity contribution in [2.24, 2.45) is 0 Å². The molecule has 12 heteroatoms.